The molecule has 0 aromatic rings. The van der Waals surface area contributed by atoms with Crippen molar-refractivity contribution in [1.82, 2.24) is 24.9 Å². The van der Waals surface area contributed by atoms with Crippen LogP contribution in [0.15, 0.2) is 4.99 Å². The number of amides is 1. The van der Waals surface area contributed by atoms with Gasteiger partial charge in [-0.2, -0.15) is 0 Å². The number of nitrogens with one attached hydrogen (secondary N) is 1. The second-order valence-corrected chi connectivity index (χ2v) is 8.86. The molecule has 3 aliphatic rings. The largest absolute Gasteiger partial charge is 0.444 e. The first-order valence-corrected chi connectivity index (χ1v) is 10.3. The number of hydrogen-bond acceptors (Lipinski definition) is 7. The van der Waals surface area contributed by atoms with Gasteiger partial charge >= 0.3 is 6.09 Å². The van der Waals surface area contributed by atoms with E-state index in [0.29, 0.717) is 13.1 Å². The molecule has 0 spiro atoms. The fourth-order valence-electron chi connectivity index (χ4n) is 3.87. The number of carbonyl (C=O) groups excluding carboxylic acids is 1. The molecule has 1 unspecified atom stereocenters. The topological polar surface area (TPSA) is 63.6 Å². The number of hydrogen-bond donors (Lipinski definition) is 1. The van der Waals surface area contributed by atoms with Crippen LogP contribution in [-0.4, -0.2) is 116 Å². The molecule has 0 radical (unpaired) electrons. The van der Waals surface area contributed by atoms with E-state index in [2.05, 4.69) is 32.1 Å². The Kier molecular flexibility index (Phi) is 8.62. The lowest BCUT2D eigenvalue weighted by atomic mass is 10.2. The number of fused-ring (bicyclic) bond motifs is 1. The van der Waals surface area contributed by atoms with Crippen molar-refractivity contribution in [1.29, 1.82) is 0 Å². The summed E-state index contributed by atoms with van der Waals surface area (Å²) in [4.78, 5) is 26.1. The van der Waals surface area contributed by atoms with E-state index in [9.17, 15) is 4.79 Å². The van der Waals surface area contributed by atoms with E-state index in [4.69, 9.17) is 4.74 Å². The molecule has 3 heterocycles. The summed E-state index contributed by atoms with van der Waals surface area (Å²) in [6.07, 6.45) is 1.03. The van der Waals surface area contributed by atoms with E-state index in [-0.39, 0.29) is 36.1 Å². The van der Waals surface area contributed by atoms with Crippen molar-refractivity contribution in [2.24, 2.45) is 4.99 Å². The van der Waals surface area contributed by atoms with Crippen LogP contribution in [0.4, 0.5) is 4.79 Å². The van der Waals surface area contributed by atoms with E-state index in [1.165, 1.54) is 19.5 Å². The highest BCUT2D eigenvalue weighted by Crippen LogP contribution is 2.18. The van der Waals surface area contributed by atoms with E-state index >= 15 is 0 Å². The molecule has 1 amide bonds. The zero-order chi connectivity index (χ0) is 19.4. The molecule has 3 rings (SSSR count). The third-order valence-corrected chi connectivity index (χ3v) is 5.38. The standard InChI is InChI=1S/C19H36N6O2.HI/c1-19(2,3)27-18(26)24-12-13-25-16(15-24)14-21-17(25)20-6-9-23-8-5-7-22(4)10-11-23;/h16H,5-15H2,1-4H3,(H,20,21);1H. The van der Waals surface area contributed by atoms with Crippen LogP contribution in [0.2, 0.25) is 0 Å². The molecule has 0 aromatic carbocycles. The van der Waals surface area contributed by atoms with Gasteiger partial charge in [0.25, 0.3) is 0 Å². The van der Waals surface area contributed by atoms with Crippen molar-refractivity contribution in [3.05, 3.63) is 0 Å². The molecule has 1 N–H and O–H groups in total. The van der Waals surface area contributed by atoms with Crippen LogP contribution in [0.25, 0.3) is 0 Å². The summed E-state index contributed by atoms with van der Waals surface area (Å²) in [7, 11) is 2.20. The highest BCUT2D eigenvalue weighted by atomic mass is 127. The van der Waals surface area contributed by atoms with Crippen molar-refractivity contribution < 1.29 is 9.53 Å². The number of guanidine groups is 1. The smallest absolute Gasteiger partial charge is 0.410 e. The number of ether oxygens (including phenoxy) is 1. The van der Waals surface area contributed by atoms with Crippen molar-refractivity contribution in [3.8, 4) is 0 Å². The molecule has 0 aliphatic carbocycles. The Bertz CT molecular complexity index is 553. The predicted molar refractivity (Wildman–Crippen MR) is 123 cm³/mol. The molecule has 162 valence electrons. The Hall–Kier alpha value is -0.810. The average molecular weight is 508 g/mol. The van der Waals surface area contributed by atoms with E-state index in [1.807, 2.05) is 25.7 Å². The summed E-state index contributed by atoms with van der Waals surface area (Å²) >= 11 is 0. The highest BCUT2D eigenvalue weighted by Gasteiger charge is 2.36. The monoisotopic (exact) mass is 508 g/mol. The number of rotatable bonds is 3. The summed E-state index contributed by atoms with van der Waals surface area (Å²) in [6.45, 7) is 15.3. The van der Waals surface area contributed by atoms with Crippen molar-refractivity contribution in [2.75, 3.05) is 72.5 Å². The summed E-state index contributed by atoms with van der Waals surface area (Å²) < 4.78 is 5.51. The van der Waals surface area contributed by atoms with Gasteiger partial charge < -0.3 is 29.7 Å². The van der Waals surface area contributed by atoms with Crippen LogP contribution >= 0.6 is 24.0 Å². The highest BCUT2D eigenvalue weighted by molar-refractivity contribution is 14.0. The number of halogens is 1. The quantitative estimate of drug-likeness (QED) is 0.577. The number of nitrogens with zero attached hydrogens (tertiary/aromatic N) is 5. The Morgan fingerprint density at radius 3 is 2.71 bits per heavy atom. The maximum absolute atomic E-state index is 12.3. The Balaban J connectivity index is 0.00000280. The number of carbonyl (C=O) groups is 1. The first-order chi connectivity index (χ1) is 12.8. The lowest BCUT2D eigenvalue weighted by molar-refractivity contribution is 0.0137. The minimum atomic E-state index is -0.449. The summed E-state index contributed by atoms with van der Waals surface area (Å²) in [5, 5.41) is 3.53. The fourth-order valence-corrected chi connectivity index (χ4v) is 3.87. The molecular formula is C19H37IN6O2. The zero-order valence-electron chi connectivity index (χ0n) is 17.8. The normalized spacial score (nSPS) is 24.1. The third-order valence-electron chi connectivity index (χ3n) is 5.38. The number of likely N-dealkylation sites (N-methyl/N-ethyl adjacent to an activating group) is 1. The third kappa shape index (κ3) is 6.62. The lowest BCUT2D eigenvalue weighted by Crippen LogP contribution is -2.57. The summed E-state index contributed by atoms with van der Waals surface area (Å²) in [6, 6.07) is 0.264. The van der Waals surface area contributed by atoms with Crippen LogP contribution < -0.4 is 5.32 Å². The van der Waals surface area contributed by atoms with Gasteiger partial charge in [-0.1, -0.05) is 0 Å². The maximum atomic E-state index is 12.3. The van der Waals surface area contributed by atoms with Crippen molar-refractivity contribution >= 4 is 36.0 Å². The molecule has 1 atom stereocenters. The maximum Gasteiger partial charge on any atom is 0.410 e. The molecule has 2 fully saturated rings. The molecule has 8 nitrogen and oxygen atoms in total. The molecule has 9 heteroatoms. The average Bonchev–Trinajstić information content (AvgIpc) is 2.88. The van der Waals surface area contributed by atoms with E-state index < -0.39 is 5.60 Å². The van der Waals surface area contributed by atoms with Crippen molar-refractivity contribution in [3.63, 3.8) is 0 Å². The lowest BCUT2D eigenvalue weighted by Gasteiger charge is -2.39. The van der Waals surface area contributed by atoms with Gasteiger partial charge in [-0.25, -0.2) is 4.79 Å². The summed E-state index contributed by atoms with van der Waals surface area (Å²) in [5.74, 6) is 0.996. The van der Waals surface area contributed by atoms with Gasteiger partial charge in [0, 0.05) is 45.8 Å². The van der Waals surface area contributed by atoms with Crippen LogP contribution in [-0.2, 0) is 4.74 Å². The number of aliphatic imine (C=N–C) groups is 1. The Morgan fingerprint density at radius 2 is 1.96 bits per heavy atom. The Morgan fingerprint density at radius 1 is 1.18 bits per heavy atom. The minimum absolute atomic E-state index is 0. The molecular weight excluding hydrogens is 471 g/mol. The zero-order valence-corrected chi connectivity index (χ0v) is 20.1. The van der Waals surface area contributed by atoms with Gasteiger partial charge in [0.2, 0.25) is 0 Å². The van der Waals surface area contributed by atoms with Crippen molar-refractivity contribution in [2.45, 2.75) is 38.8 Å². The fraction of sp³-hybridized carbons (Fsp3) is 0.895. The SMILES string of the molecule is CN1CCCN(CCNC2=NCC3CN(C(=O)OC(C)(C)C)CCN23)CC1.I. The first kappa shape index (κ1) is 23.5. The van der Waals surface area contributed by atoms with Gasteiger partial charge in [-0.3, -0.25) is 4.99 Å². The van der Waals surface area contributed by atoms with Gasteiger partial charge in [0.05, 0.1) is 12.6 Å². The van der Waals surface area contributed by atoms with Crippen LogP contribution in [0, 0.1) is 0 Å². The van der Waals surface area contributed by atoms with Gasteiger partial charge in [-0.05, 0) is 47.3 Å². The second-order valence-electron chi connectivity index (χ2n) is 8.86. The van der Waals surface area contributed by atoms with Crippen LogP contribution in [0.5, 0.6) is 0 Å². The van der Waals surface area contributed by atoms with Crippen LogP contribution in [0.1, 0.15) is 27.2 Å². The van der Waals surface area contributed by atoms with Crippen LogP contribution in [0.3, 0.4) is 0 Å². The second kappa shape index (κ2) is 10.3. The minimum Gasteiger partial charge on any atom is -0.444 e. The molecule has 3 aliphatic heterocycles. The van der Waals surface area contributed by atoms with E-state index in [1.54, 1.807) is 0 Å². The molecule has 0 aromatic heterocycles. The predicted octanol–water partition coefficient (Wildman–Crippen LogP) is 1.12. The molecule has 28 heavy (non-hydrogen) atoms. The Labute approximate surface area is 186 Å². The first-order valence-electron chi connectivity index (χ1n) is 10.3. The van der Waals surface area contributed by atoms with Gasteiger partial charge in [0.15, 0.2) is 5.96 Å². The molecule has 0 saturated carbocycles. The molecule has 2 saturated heterocycles. The summed E-state index contributed by atoms with van der Waals surface area (Å²) in [5.41, 5.74) is -0.449. The van der Waals surface area contributed by atoms with E-state index in [0.717, 1.165) is 45.2 Å². The molecule has 0 bridgehead atoms. The number of piperazine rings is 1. The van der Waals surface area contributed by atoms with Gasteiger partial charge in [-0.15, -0.1) is 24.0 Å². The van der Waals surface area contributed by atoms with Gasteiger partial charge in [0.1, 0.15) is 5.60 Å².